The van der Waals surface area contributed by atoms with E-state index in [1.165, 1.54) is 14.0 Å². The van der Waals surface area contributed by atoms with Gasteiger partial charge in [0.1, 0.15) is 0 Å². The lowest BCUT2D eigenvalue weighted by Gasteiger charge is -2.29. The highest BCUT2D eigenvalue weighted by atomic mass is 79.9. The molecular weight excluding hydrogens is 366 g/mol. The van der Waals surface area contributed by atoms with Gasteiger partial charge in [0.2, 0.25) is 10.9 Å². The van der Waals surface area contributed by atoms with Gasteiger partial charge in [0.15, 0.2) is 4.60 Å². The average Bonchev–Trinajstić information content (AvgIpc) is 2.78. The summed E-state index contributed by atoms with van der Waals surface area (Å²) in [5, 5.41) is 7.12. The molecule has 0 radical (unpaired) electrons. The number of nitrogens with one attached hydrogen (secondary N) is 1. The molecule has 0 aliphatic carbocycles. The lowest BCUT2D eigenvalue weighted by atomic mass is 10.3. The summed E-state index contributed by atoms with van der Waals surface area (Å²) in [6.07, 6.45) is 0. The van der Waals surface area contributed by atoms with E-state index in [2.05, 4.69) is 31.0 Å². The van der Waals surface area contributed by atoms with Gasteiger partial charge in [0, 0.05) is 20.1 Å². The number of sulfonamides is 1. The Morgan fingerprint density at radius 3 is 2.57 bits per heavy atom. The summed E-state index contributed by atoms with van der Waals surface area (Å²) in [5.74, 6) is -0.284. The van der Waals surface area contributed by atoms with Gasteiger partial charge in [0.25, 0.3) is 10.0 Å². The second kappa shape index (κ2) is 6.38. The molecule has 1 amide bonds. The molecule has 9 nitrogen and oxygen atoms in total. The molecule has 0 bridgehead atoms. The van der Waals surface area contributed by atoms with E-state index in [4.69, 9.17) is 4.74 Å². The zero-order chi connectivity index (χ0) is 15.6. The Kier molecular flexibility index (Phi) is 4.96. The van der Waals surface area contributed by atoms with Gasteiger partial charge >= 0.3 is 0 Å². The van der Waals surface area contributed by atoms with E-state index in [-0.39, 0.29) is 15.5 Å². The van der Waals surface area contributed by atoms with Crippen LogP contribution < -0.4 is 4.72 Å². The van der Waals surface area contributed by atoms with Crippen LogP contribution in [0.25, 0.3) is 0 Å². The average molecular weight is 382 g/mol. The third-order valence-electron chi connectivity index (χ3n) is 3.02. The fraction of sp³-hybridized carbons (Fsp3) is 0.700. The summed E-state index contributed by atoms with van der Waals surface area (Å²) in [6, 6.07) is -0.880. The number of aryl methyl sites for hydroxylation is 1. The first-order valence-electron chi connectivity index (χ1n) is 6.27. The smallest absolute Gasteiger partial charge is 0.261 e. The van der Waals surface area contributed by atoms with E-state index in [1.54, 1.807) is 4.90 Å². The monoisotopic (exact) mass is 381 g/mol. The maximum absolute atomic E-state index is 12.3. The fourth-order valence-electron chi connectivity index (χ4n) is 2.00. The third kappa shape index (κ3) is 3.59. The Balaban J connectivity index is 2.11. The van der Waals surface area contributed by atoms with E-state index in [9.17, 15) is 13.2 Å². The molecule has 1 aliphatic rings. The molecule has 11 heteroatoms. The molecule has 1 aliphatic heterocycles. The second-order valence-electron chi connectivity index (χ2n) is 4.59. The first-order chi connectivity index (χ1) is 9.83. The molecule has 21 heavy (non-hydrogen) atoms. The van der Waals surface area contributed by atoms with Crippen LogP contribution in [0.5, 0.6) is 0 Å². The summed E-state index contributed by atoms with van der Waals surface area (Å²) in [7, 11) is -2.44. The molecule has 1 saturated heterocycles. The van der Waals surface area contributed by atoms with E-state index < -0.39 is 16.1 Å². The summed E-state index contributed by atoms with van der Waals surface area (Å²) in [4.78, 5) is 13.8. The maximum Gasteiger partial charge on any atom is 0.261 e. The van der Waals surface area contributed by atoms with Crippen molar-refractivity contribution in [3.05, 3.63) is 4.60 Å². The number of halogens is 1. The summed E-state index contributed by atoms with van der Waals surface area (Å²) >= 11 is 3.03. The molecule has 2 rings (SSSR count). The highest BCUT2D eigenvalue weighted by molar-refractivity contribution is 9.10. The number of hydrogen-bond donors (Lipinski definition) is 1. The van der Waals surface area contributed by atoms with Crippen molar-refractivity contribution in [3.63, 3.8) is 0 Å². The van der Waals surface area contributed by atoms with Crippen LogP contribution in [0.2, 0.25) is 0 Å². The Morgan fingerprint density at radius 2 is 2.05 bits per heavy atom. The Labute approximate surface area is 130 Å². The van der Waals surface area contributed by atoms with Crippen molar-refractivity contribution in [2.75, 3.05) is 26.3 Å². The molecule has 1 aromatic rings. The Morgan fingerprint density at radius 1 is 1.43 bits per heavy atom. The predicted octanol–water partition coefficient (Wildman–Crippen LogP) is -0.897. The van der Waals surface area contributed by atoms with E-state index in [1.807, 2.05) is 0 Å². The molecule has 1 fully saturated rings. The van der Waals surface area contributed by atoms with Crippen LogP contribution in [0.1, 0.15) is 6.92 Å². The molecular formula is C10H16BrN5O4S. The van der Waals surface area contributed by atoms with Gasteiger partial charge in [0.05, 0.1) is 19.3 Å². The minimum atomic E-state index is -3.90. The predicted molar refractivity (Wildman–Crippen MR) is 75.9 cm³/mol. The number of morpholine rings is 1. The number of ether oxygens (including phenoxy) is 1. The lowest BCUT2D eigenvalue weighted by Crippen LogP contribution is -2.50. The molecule has 0 saturated carbocycles. The molecule has 2 heterocycles. The van der Waals surface area contributed by atoms with Crippen molar-refractivity contribution in [1.82, 2.24) is 24.6 Å². The molecule has 1 N–H and O–H groups in total. The molecule has 1 aromatic heterocycles. The van der Waals surface area contributed by atoms with Crippen LogP contribution in [0, 0.1) is 0 Å². The minimum Gasteiger partial charge on any atom is -0.378 e. The molecule has 118 valence electrons. The number of carbonyl (C=O) groups is 1. The van der Waals surface area contributed by atoms with Crippen LogP contribution in [-0.2, 0) is 26.6 Å². The van der Waals surface area contributed by atoms with Crippen LogP contribution in [0.4, 0.5) is 0 Å². The van der Waals surface area contributed by atoms with Crippen LogP contribution in [-0.4, -0.2) is 66.6 Å². The van der Waals surface area contributed by atoms with Crippen molar-refractivity contribution in [1.29, 1.82) is 0 Å². The standard InChI is InChI=1S/C10H16BrN5O4S/c1-7(9(17)16-3-5-20-6-4-16)13-21(18,19)10-8(11)12-14-15(10)2/h7,13H,3-6H2,1-2H3. The van der Waals surface area contributed by atoms with Gasteiger partial charge < -0.3 is 9.64 Å². The van der Waals surface area contributed by atoms with Gasteiger partial charge in [-0.05, 0) is 22.9 Å². The SMILES string of the molecule is CC(NS(=O)(=O)c1c(Br)nnn1C)C(=O)N1CCOCC1. The highest BCUT2D eigenvalue weighted by Gasteiger charge is 2.30. The van der Waals surface area contributed by atoms with Crippen LogP contribution >= 0.6 is 15.9 Å². The van der Waals surface area contributed by atoms with Crippen molar-refractivity contribution in [2.45, 2.75) is 18.0 Å². The highest BCUT2D eigenvalue weighted by Crippen LogP contribution is 2.18. The topological polar surface area (TPSA) is 106 Å². The summed E-state index contributed by atoms with van der Waals surface area (Å²) in [6.45, 7) is 3.35. The Hall–Kier alpha value is -1.04. The zero-order valence-corrected chi connectivity index (χ0v) is 14.0. The molecule has 0 spiro atoms. The van der Waals surface area contributed by atoms with Crippen LogP contribution in [0.15, 0.2) is 9.63 Å². The lowest BCUT2D eigenvalue weighted by molar-refractivity contribution is -0.136. The van der Waals surface area contributed by atoms with Crippen molar-refractivity contribution in [2.24, 2.45) is 7.05 Å². The number of aromatic nitrogens is 3. The first kappa shape index (κ1) is 16.3. The quantitative estimate of drug-likeness (QED) is 0.724. The largest absolute Gasteiger partial charge is 0.378 e. The van der Waals surface area contributed by atoms with Gasteiger partial charge in [-0.15, -0.1) is 5.10 Å². The summed E-state index contributed by atoms with van der Waals surface area (Å²) in [5.41, 5.74) is 0. The van der Waals surface area contributed by atoms with E-state index >= 15 is 0 Å². The zero-order valence-electron chi connectivity index (χ0n) is 11.6. The molecule has 1 unspecified atom stereocenters. The van der Waals surface area contributed by atoms with Gasteiger partial charge in [-0.3, -0.25) is 4.79 Å². The number of nitrogens with zero attached hydrogens (tertiary/aromatic N) is 4. The second-order valence-corrected chi connectivity index (χ2v) is 6.97. The minimum absolute atomic E-state index is 0.100. The maximum atomic E-state index is 12.3. The number of carbonyl (C=O) groups excluding carboxylic acids is 1. The number of rotatable bonds is 4. The van der Waals surface area contributed by atoms with Crippen LogP contribution in [0.3, 0.4) is 0 Å². The molecule has 0 aromatic carbocycles. The van der Waals surface area contributed by atoms with E-state index in [0.29, 0.717) is 26.3 Å². The summed E-state index contributed by atoms with van der Waals surface area (Å²) < 4.78 is 33.3. The van der Waals surface area contributed by atoms with Gasteiger partial charge in [-0.1, -0.05) is 5.21 Å². The number of hydrogen-bond acceptors (Lipinski definition) is 6. The third-order valence-corrected chi connectivity index (χ3v) is 5.44. The normalized spacial score (nSPS) is 17.8. The van der Waals surface area contributed by atoms with Crippen molar-refractivity contribution >= 4 is 31.9 Å². The van der Waals surface area contributed by atoms with Gasteiger partial charge in [-0.2, -0.15) is 4.72 Å². The fourth-order valence-corrected chi connectivity index (χ4v) is 4.30. The first-order valence-corrected chi connectivity index (χ1v) is 8.54. The van der Waals surface area contributed by atoms with E-state index in [0.717, 1.165) is 4.68 Å². The Bertz CT molecular complexity index is 606. The number of amides is 1. The molecule has 1 atom stereocenters. The van der Waals surface area contributed by atoms with Crippen molar-refractivity contribution < 1.29 is 17.9 Å². The van der Waals surface area contributed by atoms with Gasteiger partial charge in [-0.25, -0.2) is 13.1 Å². The van der Waals surface area contributed by atoms with Crippen molar-refractivity contribution in [3.8, 4) is 0 Å².